The van der Waals surface area contributed by atoms with E-state index in [9.17, 15) is 9.18 Å². The number of aromatic nitrogens is 3. The Balaban J connectivity index is 1.68. The van der Waals surface area contributed by atoms with Crippen molar-refractivity contribution in [1.82, 2.24) is 19.7 Å². The van der Waals surface area contributed by atoms with Crippen LogP contribution in [0.15, 0.2) is 48.8 Å². The van der Waals surface area contributed by atoms with E-state index in [4.69, 9.17) is 16.3 Å². The first kappa shape index (κ1) is 21.3. The minimum Gasteiger partial charge on any atom is -0.444 e. The molecule has 0 saturated carbocycles. The number of hydrogen-bond acceptors (Lipinski definition) is 4. The van der Waals surface area contributed by atoms with Gasteiger partial charge in [0.25, 0.3) is 0 Å². The normalized spacial score (nSPS) is 15.5. The van der Waals surface area contributed by atoms with Crippen LogP contribution < -0.4 is 0 Å². The first-order valence-corrected chi connectivity index (χ1v) is 10.4. The summed E-state index contributed by atoms with van der Waals surface area (Å²) in [5, 5.41) is 4.53. The second-order valence-corrected chi connectivity index (χ2v) is 9.52. The van der Waals surface area contributed by atoms with Crippen molar-refractivity contribution in [2.24, 2.45) is 7.05 Å². The molecule has 1 aromatic carbocycles. The maximum atomic E-state index is 13.3. The van der Waals surface area contributed by atoms with Gasteiger partial charge < -0.3 is 9.64 Å². The van der Waals surface area contributed by atoms with Crippen LogP contribution in [-0.4, -0.2) is 44.4 Å². The van der Waals surface area contributed by atoms with E-state index in [1.807, 2.05) is 46.1 Å². The molecule has 0 aliphatic carbocycles. The molecule has 1 saturated heterocycles. The number of amides is 1. The Kier molecular flexibility index (Phi) is 5.25. The fourth-order valence-electron chi connectivity index (χ4n) is 3.55. The molecule has 0 N–H and O–H groups in total. The van der Waals surface area contributed by atoms with Gasteiger partial charge in [-0.15, -0.1) is 11.6 Å². The van der Waals surface area contributed by atoms with Crippen molar-refractivity contribution in [2.75, 3.05) is 13.1 Å². The molecule has 3 aromatic rings. The third kappa shape index (κ3) is 4.42. The maximum absolute atomic E-state index is 13.3. The number of alkyl halides is 1. The van der Waals surface area contributed by atoms with E-state index in [1.165, 1.54) is 12.1 Å². The summed E-state index contributed by atoms with van der Waals surface area (Å²) < 4.78 is 20.5. The van der Waals surface area contributed by atoms with Crippen molar-refractivity contribution in [3.63, 3.8) is 0 Å². The third-order valence-corrected chi connectivity index (χ3v) is 5.49. The molecular formula is C23H24ClFN4O2. The number of aryl methyl sites for hydroxylation is 1. The summed E-state index contributed by atoms with van der Waals surface area (Å²) in [5.41, 5.74) is 3.27. The zero-order valence-corrected chi connectivity index (χ0v) is 18.7. The van der Waals surface area contributed by atoms with Gasteiger partial charge in [0.2, 0.25) is 0 Å². The van der Waals surface area contributed by atoms with E-state index in [1.54, 1.807) is 27.9 Å². The van der Waals surface area contributed by atoms with Gasteiger partial charge in [-0.1, -0.05) is 0 Å². The average molecular weight is 443 g/mol. The highest BCUT2D eigenvalue weighted by Gasteiger charge is 2.48. The van der Waals surface area contributed by atoms with Crippen LogP contribution in [0.1, 0.15) is 26.3 Å². The lowest BCUT2D eigenvalue weighted by Gasteiger charge is -2.46. The highest BCUT2D eigenvalue weighted by atomic mass is 35.5. The Labute approximate surface area is 185 Å². The predicted octanol–water partition coefficient (Wildman–Crippen LogP) is 4.97. The van der Waals surface area contributed by atoms with E-state index in [0.717, 1.165) is 22.4 Å². The SMILES string of the molecule is Cn1ccc(-c2cc(-c3ccc(F)cc3)ncc2C2(Cl)CN(C(=O)OC(C)(C)C)C2)n1. The molecular weight excluding hydrogens is 419 g/mol. The van der Waals surface area contributed by atoms with Crippen LogP contribution in [0.3, 0.4) is 0 Å². The van der Waals surface area contributed by atoms with Crippen molar-refractivity contribution in [3.05, 3.63) is 60.2 Å². The van der Waals surface area contributed by atoms with E-state index >= 15 is 0 Å². The molecule has 1 aliphatic heterocycles. The fourth-order valence-corrected chi connectivity index (χ4v) is 3.99. The summed E-state index contributed by atoms with van der Waals surface area (Å²) in [7, 11) is 1.84. The molecule has 3 heterocycles. The van der Waals surface area contributed by atoms with Crippen LogP contribution in [0.2, 0.25) is 0 Å². The first-order valence-electron chi connectivity index (χ1n) is 9.97. The van der Waals surface area contributed by atoms with Gasteiger partial charge in [-0.05, 0) is 57.2 Å². The van der Waals surface area contributed by atoms with Crippen LogP contribution in [0, 0.1) is 5.82 Å². The average Bonchev–Trinajstić information content (AvgIpc) is 3.10. The quantitative estimate of drug-likeness (QED) is 0.537. The fraction of sp³-hybridized carbons (Fsp3) is 0.348. The highest BCUT2D eigenvalue weighted by molar-refractivity contribution is 6.26. The number of carbonyl (C=O) groups is 1. The minimum absolute atomic E-state index is 0.304. The van der Waals surface area contributed by atoms with Crippen molar-refractivity contribution in [2.45, 2.75) is 31.2 Å². The Morgan fingerprint density at radius 1 is 1.16 bits per heavy atom. The van der Waals surface area contributed by atoms with E-state index in [-0.39, 0.29) is 11.9 Å². The number of likely N-dealkylation sites (tertiary alicyclic amines) is 1. The lowest BCUT2D eigenvalue weighted by atomic mass is 9.87. The van der Waals surface area contributed by atoms with Gasteiger partial charge in [-0.25, -0.2) is 9.18 Å². The smallest absolute Gasteiger partial charge is 0.410 e. The van der Waals surface area contributed by atoms with Gasteiger partial charge in [-0.2, -0.15) is 5.10 Å². The molecule has 0 atom stereocenters. The van der Waals surface area contributed by atoms with Crippen molar-refractivity contribution >= 4 is 17.7 Å². The van der Waals surface area contributed by atoms with Gasteiger partial charge in [-0.3, -0.25) is 9.67 Å². The molecule has 1 amide bonds. The molecule has 0 unspecified atom stereocenters. The molecule has 8 heteroatoms. The number of benzene rings is 1. The molecule has 0 radical (unpaired) electrons. The number of rotatable bonds is 3. The monoisotopic (exact) mass is 442 g/mol. The van der Waals surface area contributed by atoms with Gasteiger partial charge in [0.05, 0.1) is 11.4 Å². The topological polar surface area (TPSA) is 60.2 Å². The standard InChI is InChI=1S/C23H24ClFN4O2/c1-22(2,3)31-21(30)29-13-23(24,14-29)18-12-26-20(15-5-7-16(25)8-6-15)11-17(18)19-9-10-28(4)27-19/h5-12H,13-14H2,1-4H3. The van der Waals surface area contributed by atoms with Gasteiger partial charge in [0, 0.05) is 49.2 Å². The van der Waals surface area contributed by atoms with Crippen LogP contribution in [0.25, 0.3) is 22.5 Å². The number of hydrogen-bond donors (Lipinski definition) is 0. The Hall–Kier alpha value is -2.93. The Morgan fingerprint density at radius 3 is 2.42 bits per heavy atom. The van der Waals surface area contributed by atoms with E-state index in [0.29, 0.717) is 18.8 Å². The van der Waals surface area contributed by atoms with Gasteiger partial charge >= 0.3 is 6.09 Å². The lowest BCUT2D eigenvalue weighted by molar-refractivity contribution is 0.00320. The summed E-state index contributed by atoms with van der Waals surface area (Å²) in [6, 6.07) is 9.98. The zero-order chi connectivity index (χ0) is 22.4. The summed E-state index contributed by atoms with van der Waals surface area (Å²) >= 11 is 6.95. The minimum atomic E-state index is -0.794. The number of ether oxygens (including phenoxy) is 1. The first-order chi connectivity index (χ1) is 14.5. The van der Waals surface area contributed by atoms with Crippen molar-refractivity contribution < 1.29 is 13.9 Å². The molecule has 1 fully saturated rings. The largest absolute Gasteiger partial charge is 0.444 e. The zero-order valence-electron chi connectivity index (χ0n) is 17.9. The molecule has 1 aliphatic rings. The molecule has 162 valence electrons. The second kappa shape index (κ2) is 7.64. The summed E-state index contributed by atoms with van der Waals surface area (Å²) in [4.78, 5) is 17.7. The number of halogens is 2. The summed E-state index contributed by atoms with van der Waals surface area (Å²) in [6.45, 7) is 6.10. The number of pyridine rings is 1. The summed E-state index contributed by atoms with van der Waals surface area (Å²) in [5.74, 6) is -0.304. The summed E-state index contributed by atoms with van der Waals surface area (Å²) in [6.07, 6.45) is 3.19. The van der Waals surface area contributed by atoms with Gasteiger partial charge in [0.15, 0.2) is 0 Å². The Bertz CT molecular complexity index is 1120. The van der Waals surface area contributed by atoms with E-state index in [2.05, 4.69) is 10.1 Å². The predicted molar refractivity (Wildman–Crippen MR) is 117 cm³/mol. The Morgan fingerprint density at radius 2 is 1.84 bits per heavy atom. The lowest BCUT2D eigenvalue weighted by Crippen LogP contribution is -2.59. The molecule has 0 spiro atoms. The highest BCUT2D eigenvalue weighted by Crippen LogP contribution is 2.44. The van der Waals surface area contributed by atoms with Crippen LogP contribution >= 0.6 is 11.6 Å². The van der Waals surface area contributed by atoms with Crippen molar-refractivity contribution in [3.8, 4) is 22.5 Å². The molecule has 0 bridgehead atoms. The van der Waals surface area contributed by atoms with Crippen LogP contribution in [0.5, 0.6) is 0 Å². The molecule has 2 aromatic heterocycles. The van der Waals surface area contributed by atoms with Crippen LogP contribution in [0.4, 0.5) is 9.18 Å². The second-order valence-electron chi connectivity index (χ2n) is 8.80. The molecule has 31 heavy (non-hydrogen) atoms. The van der Waals surface area contributed by atoms with Crippen LogP contribution in [-0.2, 0) is 16.7 Å². The number of nitrogens with zero attached hydrogens (tertiary/aromatic N) is 4. The maximum Gasteiger partial charge on any atom is 0.410 e. The third-order valence-electron chi connectivity index (χ3n) is 5.05. The molecule has 6 nitrogen and oxygen atoms in total. The van der Waals surface area contributed by atoms with E-state index < -0.39 is 10.5 Å². The van der Waals surface area contributed by atoms with Crippen molar-refractivity contribution in [1.29, 1.82) is 0 Å². The van der Waals surface area contributed by atoms with Gasteiger partial charge in [0.1, 0.15) is 16.3 Å². The number of carbonyl (C=O) groups excluding carboxylic acids is 1. The molecule has 4 rings (SSSR count).